The second-order valence-corrected chi connectivity index (χ2v) is 4.96. The lowest BCUT2D eigenvalue weighted by molar-refractivity contribution is 0.729. The first-order valence-corrected chi connectivity index (χ1v) is 6.66. The van der Waals surface area contributed by atoms with E-state index in [9.17, 15) is 0 Å². The van der Waals surface area contributed by atoms with Crippen molar-refractivity contribution in [1.82, 2.24) is 9.78 Å². The van der Waals surface area contributed by atoms with Crippen LogP contribution in [0.15, 0.2) is 24.3 Å². The number of aryl methyl sites for hydroxylation is 3. The molecule has 102 valence electrons. The van der Waals surface area contributed by atoms with E-state index in [1.54, 1.807) is 0 Å². The summed E-state index contributed by atoms with van der Waals surface area (Å²) < 4.78 is 1.86. The molecule has 0 aliphatic carbocycles. The number of nitrogen functional groups attached to an aromatic ring is 1. The summed E-state index contributed by atoms with van der Waals surface area (Å²) >= 11 is 0. The van der Waals surface area contributed by atoms with Gasteiger partial charge in [0.1, 0.15) is 0 Å². The zero-order chi connectivity index (χ0) is 14.0. The summed E-state index contributed by atoms with van der Waals surface area (Å²) in [5, 5.41) is 4.52. The highest BCUT2D eigenvalue weighted by molar-refractivity contribution is 5.73. The molecule has 1 aromatic heterocycles. The number of nitrogens with zero attached hydrogens (tertiary/aromatic N) is 3. The molecule has 0 saturated heterocycles. The summed E-state index contributed by atoms with van der Waals surface area (Å²) in [6.07, 6.45) is 1.97. The molecular weight excluding hydrogens is 236 g/mol. The van der Waals surface area contributed by atoms with Crippen LogP contribution >= 0.6 is 0 Å². The van der Waals surface area contributed by atoms with Crippen LogP contribution in [0, 0.1) is 6.92 Å². The molecule has 0 radical (unpaired) electrons. The van der Waals surface area contributed by atoms with Crippen molar-refractivity contribution in [2.75, 3.05) is 17.7 Å². The van der Waals surface area contributed by atoms with Gasteiger partial charge in [-0.15, -0.1) is 0 Å². The van der Waals surface area contributed by atoms with E-state index in [0.717, 1.165) is 35.7 Å². The molecule has 2 aromatic rings. The molecule has 0 bridgehead atoms. The van der Waals surface area contributed by atoms with Crippen molar-refractivity contribution in [1.29, 1.82) is 0 Å². The number of hydrogen-bond donors (Lipinski definition) is 1. The number of benzene rings is 1. The highest BCUT2D eigenvalue weighted by Gasteiger charge is 2.17. The molecule has 0 amide bonds. The van der Waals surface area contributed by atoms with E-state index in [2.05, 4.69) is 48.1 Å². The third-order valence-electron chi connectivity index (χ3n) is 3.32. The van der Waals surface area contributed by atoms with Gasteiger partial charge in [-0.05, 0) is 31.0 Å². The van der Waals surface area contributed by atoms with Crippen molar-refractivity contribution in [2.24, 2.45) is 7.05 Å². The SMILES string of the molecule is CCCc1nn(C)c(N(C)c2cccc(C)c2)c1N. The first-order valence-electron chi connectivity index (χ1n) is 6.66. The minimum absolute atomic E-state index is 0.786. The number of nitrogens with two attached hydrogens (primary N) is 1. The van der Waals surface area contributed by atoms with E-state index in [-0.39, 0.29) is 0 Å². The molecule has 2 N–H and O–H groups in total. The van der Waals surface area contributed by atoms with Crippen molar-refractivity contribution in [3.63, 3.8) is 0 Å². The minimum Gasteiger partial charge on any atom is -0.394 e. The Hall–Kier alpha value is -1.97. The third kappa shape index (κ3) is 2.57. The van der Waals surface area contributed by atoms with Crippen LogP contribution in [-0.4, -0.2) is 16.8 Å². The van der Waals surface area contributed by atoms with Crippen LogP contribution in [0.1, 0.15) is 24.6 Å². The van der Waals surface area contributed by atoms with Gasteiger partial charge < -0.3 is 10.6 Å². The van der Waals surface area contributed by atoms with Gasteiger partial charge in [-0.3, -0.25) is 4.68 Å². The summed E-state index contributed by atoms with van der Waals surface area (Å²) in [7, 11) is 3.97. The number of aromatic nitrogens is 2. The van der Waals surface area contributed by atoms with Crippen molar-refractivity contribution in [3.05, 3.63) is 35.5 Å². The molecule has 1 heterocycles. The molecule has 0 aliphatic heterocycles. The lowest BCUT2D eigenvalue weighted by atomic mass is 10.2. The van der Waals surface area contributed by atoms with E-state index in [4.69, 9.17) is 5.73 Å². The average molecular weight is 258 g/mol. The van der Waals surface area contributed by atoms with Gasteiger partial charge in [0.2, 0.25) is 0 Å². The van der Waals surface area contributed by atoms with Crippen LogP contribution in [0.4, 0.5) is 17.2 Å². The lowest BCUT2D eigenvalue weighted by Crippen LogP contribution is -2.15. The van der Waals surface area contributed by atoms with Crippen LogP contribution in [0.2, 0.25) is 0 Å². The van der Waals surface area contributed by atoms with Crippen LogP contribution in [0.5, 0.6) is 0 Å². The molecule has 0 saturated carbocycles. The quantitative estimate of drug-likeness (QED) is 0.917. The fraction of sp³-hybridized carbons (Fsp3) is 0.400. The summed E-state index contributed by atoms with van der Waals surface area (Å²) in [5.41, 5.74) is 10.4. The van der Waals surface area contributed by atoms with Gasteiger partial charge in [0.05, 0.1) is 11.4 Å². The Labute approximate surface area is 114 Å². The summed E-state index contributed by atoms with van der Waals surface area (Å²) in [6.45, 7) is 4.23. The monoisotopic (exact) mass is 258 g/mol. The first kappa shape index (κ1) is 13.5. The Balaban J connectivity index is 2.41. The zero-order valence-electron chi connectivity index (χ0n) is 12.1. The normalized spacial score (nSPS) is 10.7. The Morgan fingerprint density at radius 2 is 2.11 bits per heavy atom. The van der Waals surface area contributed by atoms with Crippen LogP contribution < -0.4 is 10.6 Å². The molecule has 2 rings (SSSR count). The topological polar surface area (TPSA) is 47.1 Å². The van der Waals surface area contributed by atoms with E-state index in [0.29, 0.717) is 0 Å². The van der Waals surface area contributed by atoms with Gasteiger partial charge in [0.25, 0.3) is 0 Å². The summed E-state index contributed by atoms with van der Waals surface area (Å²) in [4.78, 5) is 2.09. The number of hydrogen-bond acceptors (Lipinski definition) is 3. The van der Waals surface area contributed by atoms with Crippen LogP contribution in [0.3, 0.4) is 0 Å². The maximum Gasteiger partial charge on any atom is 0.154 e. The fourth-order valence-electron chi connectivity index (χ4n) is 2.36. The maximum atomic E-state index is 6.24. The summed E-state index contributed by atoms with van der Waals surface area (Å²) in [5.74, 6) is 0.953. The Bertz CT molecular complexity index is 572. The molecule has 4 heteroatoms. The standard InChI is InChI=1S/C15H22N4/c1-5-7-13-14(16)15(19(4)17-13)18(3)12-9-6-8-11(2)10-12/h6,8-10H,5,7,16H2,1-4H3. The molecule has 0 fully saturated rings. The smallest absolute Gasteiger partial charge is 0.154 e. The predicted molar refractivity (Wildman–Crippen MR) is 80.9 cm³/mol. The predicted octanol–water partition coefficient (Wildman–Crippen LogP) is 3.03. The van der Waals surface area contributed by atoms with E-state index in [1.807, 2.05) is 18.8 Å². The number of rotatable bonds is 4. The highest BCUT2D eigenvalue weighted by atomic mass is 15.4. The second kappa shape index (κ2) is 5.34. The van der Waals surface area contributed by atoms with Crippen molar-refractivity contribution in [2.45, 2.75) is 26.7 Å². The Morgan fingerprint density at radius 3 is 2.74 bits per heavy atom. The van der Waals surface area contributed by atoms with Crippen molar-refractivity contribution >= 4 is 17.2 Å². The molecular formula is C15H22N4. The van der Waals surface area contributed by atoms with E-state index >= 15 is 0 Å². The molecule has 0 spiro atoms. The van der Waals surface area contributed by atoms with Gasteiger partial charge in [-0.1, -0.05) is 25.5 Å². The zero-order valence-corrected chi connectivity index (χ0v) is 12.1. The van der Waals surface area contributed by atoms with E-state index in [1.165, 1.54) is 5.56 Å². The van der Waals surface area contributed by atoms with Crippen molar-refractivity contribution < 1.29 is 0 Å². The Morgan fingerprint density at radius 1 is 1.37 bits per heavy atom. The molecule has 0 unspecified atom stereocenters. The average Bonchev–Trinajstić information content (AvgIpc) is 2.64. The maximum absolute atomic E-state index is 6.24. The molecule has 0 aliphatic rings. The largest absolute Gasteiger partial charge is 0.394 e. The molecule has 1 aromatic carbocycles. The van der Waals surface area contributed by atoms with Gasteiger partial charge in [0.15, 0.2) is 5.82 Å². The minimum atomic E-state index is 0.786. The third-order valence-corrected chi connectivity index (χ3v) is 3.32. The van der Waals surface area contributed by atoms with Gasteiger partial charge >= 0.3 is 0 Å². The molecule has 0 atom stereocenters. The number of anilines is 3. The van der Waals surface area contributed by atoms with E-state index < -0.39 is 0 Å². The molecule has 4 nitrogen and oxygen atoms in total. The highest BCUT2D eigenvalue weighted by Crippen LogP contribution is 2.31. The van der Waals surface area contributed by atoms with Gasteiger partial charge in [0, 0.05) is 19.8 Å². The summed E-state index contributed by atoms with van der Waals surface area (Å²) in [6, 6.07) is 8.37. The first-order chi connectivity index (χ1) is 9.04. The van der Waals surface area contributed by atoms with Crippen LogP contribution in [0.25, 0.3) is 0 Å². The fourth-order valence-corrected chi connectivity index (χ4v) is 2.36. The van der Waals surface area contributed by atoms with Crippen LogP contribution in [-0.2, 0) is 13.5 Å². The van der Waals surface area contributed by atoms with Gasteiger partial charge in [-0.25, -0.2) is 0 Å². The lowest BCUT2D eigenvalue weighted by Gasteiger charge is -2.20. The molecule has 19 heavy (non-hydrogen) atoms. The second-order valence-electron chi connectivity index (χ2n) is 4.96. The Kier molecular flexibility index (Phi) is 3.79. The van der Waals surface area contributed by atoms with Crippen molar-refractivity contribution in [3.8, 4) is 0 Å². The van der Waals surface area contributed by atoms with Gasteiger partial charge in [-0.2, -0.15) is 5.10 Å².